The molecule has 17 heavy (non-hydrogen) atoms. The number of pyridine rings is 1. The van der Waals surface area contributed by atoms with Gasteiger partial charge in [0.15, 0.2) is 0 Å². The standard InChI is InChI=1S/C14H23N3/c1-12(2)16(3)14-7-6-13(10-15-14)11-17-8-4-5-9-17/h6-7,10,12H,4-5,8-9,11H2,1-3H3. The van der Waals surface area contributed by atoms with Crippen molar-refractivity contribution in [2.75, 3.05) is 25.0 Å². The Labute approximate surface area is 104 Å². The molecule has 1 aliphatic rings. The predicted molar refractivity (Wildman–Crippen MR) is 72.3 cm³/mol. The fourth-order valence-corrected chi connectivity index (χ4v) is 2.18. The normalized spacial score (nSPS) is 16.7. The van der Waals surface area contributed by atoms with Crippen LogP contribution in [-0.4, -0.2) is 36.1 Å². The summed E-state index contributed by atoms with van der Waals surface area (Å²) >= 11 is 0. The smallest absolute Gasteiger partial charge is 0.128 e. The highest BCUT2D eigenvalue weighted by Crippen LogP contribution is 2.15. The topological polar surface area (TPSA) is 19.4 Å². The van der Waals surface area contributed by atoms with Crippen LogP contribution in [0.4, 0.5) is 5.82 Å². The second-order valence-electron chi connectivity index (χ2n) is 5.21. The van der Waals surface area contributed by atoms with E-state index in [1.54, 1.807) is 0 Å². The van der Waals surface area contributed by atoms with E-state index in [0.29, 0.717) is 6.04 Å². The Balaban J connectivity index is 1.97. The molecule has 2 heterocycles. The summed E-state index contributed by atoms with van der Waals surface area (Å²) < 4.78 is 0. The van der Waals surface area contributed by atoms with E-state index in [2.05, 4.69) is 47.8 Å². The molecule has 0 unspecified atom stereocenters. The van der Waals surface area contributed by atoms with Gasteiger partial charge >= 0.3 is 0 Å². The summed E-state index contributed by atoms with van der Waals surface area (Å²) in [5.74, 6) is 1.06. The van der Waals surface area contributed by atoms with Crippen LogP contribution in [0.1, 0.15) is 32.3 Å². The molecule has 1 saturated heterocycles. The van der Waals surface area contributed by atoms with Gasteiger partial charge in [-0.25, -0.2) is 4.98 Å². The van der Waals surface area contributed by atoms with E-state index in [9.17, 15) is 0 Å². The summed E-state index contributed by atoms with van der Waals surface area (Å²) in [4.78, 5) is 9.24. The first kappa shape index (κ1) is 12.4. The van der Waals surface area contributed by atoms with Gasteiger partial charge in [-0.05, 0) is 51.4 Å². The number of hydrogen-bond acceptors (Lipinski definition) is 3. The summed E-state index contributed by atoms with van der Waals surface area (Å²) in [5.41, 5.74) is 1.33. The van der Waals surface area contributed by atoms with Crippen LogP contribution in [0, 0.1) is 0 Å². The van der Waals surface area contributed by atoms with E-state index in [1.165, 1.54) is 31.5 Å². The molecule has 0 saturated carbocycles. The highest BCUT2D eigenvalue weighted by molar-refractivity contribution is 5.39. The Morgan fingerprint density at radius 1 is 1.29 bits per heavy atom. The van der Waals surface area contributed by atoms with Crippen molar-refractivity contribution in [3.63, 3.8) is 0 Å². The Kier molecular flexibility index (Phi) is 4.00. The monoisotopic (exact) mass is 233 g/mol. The second kappa shape index (κ2) is 5.50. The number of anilines is 1. The largest absolute Gasteiger partial charge is 0.357 e. The number of likely N-dealkylation sites (tertiary alicyclic amines) is 1. The predicted octanol–water partition coefficient (Wildman–Crippen LogP) is 2.52. The van der Waals surface area contributed by atoms with Gasteiger partial charge in [0.2, 0.25) is 0 Å². The lowest BCUT2D eigenvalue weighted by atomic mass is 10.2. The zero-order chi connectivity index (χ0) is 12.3. The van der Waals surface area contributed by atoms with Gasteiger partial charge in [0.25, 0.3) is 0 Å². The SMILES string of the molecule is CC(C)N(C)c1ccc(CN2CCCC2)cn1. The highest BCUT2D eigenvalue weighted by atomic mass is 15.2. The number of rotatable bonds is 4. The van der Waals surface area contributed by atoms with Crippen molar-refractivity contribution in [3.05, 3.63) is 23.9 Å². The zero-order valence-corrected chi connectivity index (χ0v) is 11.2. The molecule has 1 aliphatic heterocycles. The average Bonchev–Trinajstić information content (AvgIpc) is 2.82. The first-order valence-corrected chi connectivity index (χ1v) is 6.57. The molecule has 3 nitrogen and oxygen atoms in total. The molecular formula is C14H23N3. The summed E-state index contributed by atoms with van der Waals surface area (Å²) in [6.07, 6.45) is 4.72. The van der Waals surface area contributed by atoms with Gasteiger partial charge in [0.05, 0.1) is 0 Å². The molecule has 0 radical (unpaired) electrons. The third kappa shape index (κ3) is 3.19. The van der Waals surface area contributed by atoms with Gasteiger partial charge in [-0.15, -0.1) is 0 Å². The third-order valence-electron chi connectivity index (χ3n) is 3.55. The van der Waals surface area contributed by atoms with Gasteiger partial charge in [0.1, 0.15) is 5.82 Å². The molecule has 94 valence electrons. The molecule has 0 bridgehead atoms. The van der Waals surface area contributed by atoms with Crippen molar-refractivity contribution in [1.29, 1.82) is 0 Å². The Morgan fingerprint density at radius 2 is 2.00 bits per heavy atom. The molecule has 0 aliphatic carbocycles. The maximum absolute atomic E-state index is 4.54. The fourth-order valence-electron chi connectivity index (χ4n) is 2.18. The quantitative estimate of drug-likeness (QED) is 0.796. The van der Waals surface area contributed by atoms with Crippen molar-refractivity contribution in [2.24, 2.45) is 0 Å². The average molecular weight is 233 g/mol. The molecule has 1 aromatic heterocycles. The first-order valence-electron chi connectivity index (χ1n) is 6.57. The molecule has 2 rings (SSSR count). The van der Waals surface area contributed by atoms with Crippen LogP contribution in [0.25, 0.3) is 0 Å². The highest BCUT2D eigenvalue weighted by Gasteiger charge is 2.12. The summed E-state index contributed by atoms with van der Waals surface area (Å²) in [7, 11) is 2.09. The van der Waals surface area contributed by atoms with Crippen molar-refractivity contribution in [3.8, 4) is 0 Å². The Bertz CT molecular complexity index is 339. The van der Waals surface area contributed by atoms with Crippen molar-refractivity contribution in [1.82, 2.24) is 9.88 Å². The Hall–Kier alpha value is -1.09. The summed E-state index contributed by atoms with van der Waals surface area (Å²) in [5, 5.41) is 0. The molecule has 0 amide bonds. The van der Waals surface area contributed by atoms with Gasteiger partial charge in [-0.1, -0.05) is 6.07 Å². The van der Waals surface area contributed by atoms with Crippen LogP contribution in [0.15, 0.2) is 18.3 Å². The van der Waals surface area contributed by atoms with Gasteiger partial charge in [-0.2, -0.15) is 0 Å². The van der Waals surface area contributed by atoms with Crippen molar-refractivity contribution in [2.45, 2.75) is 39.3 Å². The lowest BCUT2D eigenvalue weighted by molar-refractivity contribution is 0.331. The summed E-state index contributed by atoms with van der Waals surface area (Å²) in [6, 6.07) is 4.83. The van der Waals surface area contributed by atoms with Crippen LogP contribution in [0.5, 0.6) is 0 Å². The van der Waals surface area contributed by atoms with Gasteiger partial charge in [-0.3, -0.25) is 4.90 Å². The number of aromatic nitrogens is 1. The van der Waals surface area contributed by atoms with Crippen molar-refractivity contribution < 1.29 is 0 Å². The molecule has 0 spiro atoms. The minimum atomic E-state index is 0.493. The molecule has 1 aromatic rings. The van der Waals surface area contributed by atoms with Crippen LogP contribution < -0.4 is 4.90 Å². The van der Waals surface area contributed by atoms with Crippen LogP contribution in [0.3, 0.4) is 0 Å². The van der Waals surface area contributed by atoms with E-state index >= 15 is 0 Å². The lowest BCUT2D eigenvalue weighted by Crippen LogP contribution is -2.26. The maximum Gasteiger partial charge on any atom is 0.128 e. The minimum absolute atomic E-state index is 0.493. The molecular weight excluding hydrogens is 210 g/mol. The molecule has 1 fully saturated rings. The van der Waals surface area contributed by atoms with E-state index in [0.717, 1.165) is 12.4 Å². The third-order valence-corrected chi connectivity index (χ3v) is 3.55. The fraction of sp³-hybridized carbons (Fsp3) is 0.643. The minimum Gasteiger partial charge on any atom is -0.357 e. The van der Waals surface area contributed by atoms with E-state index in [-0.39, 0.29) is 0 Å². The second-order valence-corrected chi connectivity index (χ2v) is 5.21. The molecule has 3 heteroatoms. The van der Waals surface area contributed by atoms with E-state index < -0.39 is 0 Å². The number of hydrogen-bond donors (Lipinski definition) is 0. The molecule has 0 atom stereocenters. The van der Waals surface area contributed by atoms with Crippen LogP contribution in [0.2, 0.25) is 0 Å². The maximum atomic E-state index is 4.54. The van der Waals surface area contributed by atoms with Gasteiger partial charge in [0, 0.05) is 25.8 Å². The molecule has 0 aromatic carbocycles. The lowest BCUT2D eigenvalue weighted by Gasteiger charge is -2.23. The van der Waals surface area contributed by atoms with Gasteiger partial charge < -0.3 is 4.90 Å². The first-order chi connectivity index (χ1) is 8.16. The number of nitrogens with zero attached hydrogens (tertiary/aromatic N) is 3. The van der Waals surface area contributed by atoms with Crippen LogP contribution in [-0.2, 0) is 6.54 Å². The molecule has 0 N–H and O–H groups in total. The Morgan fingerprint density at radius 3 is 2.53 bits per heavy atom. The zero-order valence-electron chi connectivity index (χ0n) is 11.2. The summed E-state index contributed by atoms with van der Waals surface area (Å²) in [6.45, 7) is 7.90. The van der Waals surface area contributed by atoms with E-state index in [4.69, 9.17) is 0 Å². The van der Waals surface area contributed by atoms with Crippen LogP contribution >= 0.6 is 0 Å². The van der Waals surface area contributed by atoms with E-state index in [1.807, 2.05) is 6.20 Å². The van der Waals surface area contributed by atoms with Crippen molar-refractivity contribution >= 4 is 5.82 Å².